The van der Waals surface area contributed by atoms with Gasteiger partial charge in [-0.3, -0.25) is 4.79 Å². The zero-order chi connectivity index (χ0) is 16.4. The Morgan fingerprint density at radius 3 is 2.29 bits per heavy atom. The van der Waals surface area contributed by atoms with Gasteiger partial charge in [0, 0.05) is 5.41 Å². The van der Waals surface area contributed by atoms with Gasteiger partial charge in [0.05, 0.1) is 10.7 Å². The molecule has 0 aliphatic heterocycles. The molecule has 1 rings (SSSR count). The molecule has 1 heterocycles. The molecule has 1 aromatic heterocycles. The summed E-state index contributed by atoms with van der Waals surface area (Å²) >= 11 is 1.33. The number of carbonyl (C=O) groups is 2. The van der Waals surface area contributed by atoms with Gasteiger partial charge in [-0.25, -0.2) is 9.78 Å². The van der Waals surface area contributed by atoms with Crippen LogP contribution in [-0.2, 0) is 10.2 Å². The first kappa shape index (κ1) is 17.6. The molecule has 0 bridgehead atoms. The summed E-state index contributed by atoms with van der Waals surface area (Å²) in [6, 6.07) is -0.864. The van der Waals surface area contributed by atoms with Crippen molar-refractivity contribution in [3.63, 3.8) is 0 Å². The number of amides is 1. The van der Waals surface area contributed by atoms with E-state index in [1.807, 2.05) is 34.6 Å². The first-order valence-corrected chi connectivity index (χ1v) is 7.85. The van der Waals surface area contributed by atoms with Crippen LogP contribution in [0.2, 0.25) is 0 Å². The topological polar surface area (TPSA) is 79.3 Å². The van der Waals surface area contributed by atoms with Crippen molar-refractivity contribution in [2.24, 2.45) is 5.92 Å². The third kappa shape index (κ3) is 4.81. The predicted octanol–water partition coefficient (Wildman–Crippen LogP) is 2.98. The average Bonchev–Trinajstić information content (AvgIpc) is 2.69. The molecule has 2 N–H and O–H groups in total. The van der Waals surface area contributed by atoms with E-state index >= 15 is 0 Å². The minimum Gasteiger partial charge on any atom is -0.480 e. The average molecular weight is 312 g/mol. The highest BCUT2D eigenvalue weighted by atomic mass is 32.1. The molecule has 0 aliphatic rings. The lowest BCUT2D eigenvalue weighted by Crippen LogP contribution is -2.41. The van der Waals surface area contributed by atoms with Gasteiger partial charge in [-0.05, 0) is 19.3 Å². The molecule has 0 fully saturated rings. The number of aryl methyl sites for hydroxylation is 1. The molecule has 1 aromatic rings. The number of carboxylic acids is 1. The minimum atomic E-state index is -1.00. The maximum absolute atomic E-state index is 12.3. The fraction of sp³-hybridized carbons (Fsp3) is 0.667. The highest BCUT2D eigenvalue weighted by Crippen LogP contribution is 2.29. The highest BCUT2D eigenvalue weighted by molar-refractivity contribution is 7.14. The maximum atomic E-state index is 12.3. The molecule has 1 amide bonds. The Bertz CT molecular complexity index is 530. The first-order chi connectivity index (χ1) is 9.52. The molecule has 0 unspecified atom stereocenters. The van der Waals surface area contributed by atoms with Crippen molar-refractivity contribution < 1.29 is 14.7 Å². The van der Waals surface area contributed by atoms with Crippen molar-refractivity contribution in [2.45, 2.75) is 59.4 Å². The van der Waals surface area contributed by atoms with Crippen LogP contribution in [0.3, 0.4) is 0 Å². The summed E-state index contributed by atoms with van der Waals surface area (Å²) in [5, 5.41) is 12.7. The standard InChI is InChI=1S/C15H24N2O3S/c1-8(2)7-10(13(19)20)17-12(18)11-9(3)16-14(21-11)15(4,5)6/h8,10H,7H2,1-6H3,(H,17,18)(H,19,20)/t10-/m1/s1. The van der Waals surface area contributed by atoms with E-state index in [1.165, 1.54) is 11.3 Å². The van der Waals surface area contributed by atoms with E-state index in [1.54, 1.807) is 6.92 Å². The van der Waals surface area contributed by atoms with Crippen molar-refractivity contribution in [3.8, 4) is 0 Å². The molecule has 0 aromatic carbocycles. The zero-order valence-corrected chi connectivity index (χ0v) is 14.3. The molecule has 0 radical (unpaired) electrons. The molecule has 0 spiro atoms. The number of aromatic nitrogens is 1. The highest BCUT2D eigenvalue weighted by Gasteiger charge is 2.26. The van der Waals surface area contributed by atoms with Gasteiger partial charge >= 0.3 is 5.97 Å². The fourth-order valence-electron chi connectivity index (χ4n) is 1.84. The number of nitrogens with zero attached hydrogens (tertiary/aromatic N) is 1. The number of carbonyl (C=O) groups excluding carboxylic acids is 1. The van der Waals surface area contributed by atoms with Gasteiger partial charge in [0.1, 0.15) is 10.9 Å². The molecular weight excluding hydrogens is 288 g/mol. The number of carboxylic acid groups (broad SMARTS) is 1. The number of rotatable bonds is 5. The van der Waals surface area contributed by atoms with Gasteiger partial charge in [0.25, 0.3) is 5.91 Å². The molecule has 21 heavy (non-hydrogen) atoms. The van der Waals surface area contributed by atoms with Crippen LogP contribution in [0.25, 0.3) is 0 Å². The Hall–Kier alpha value is -1.43. The summed E-state index contributed by atoms with van der Waals surface area (Å²) in [5.41, 5.74) is 0.522. The van der Waals surface area contributed by atoms with E-state index in [-0.39, 0.29) is 17.2 Å². The lowest BCUT2D eigenvalue weighted by Gasteiger charge is -2.16. The normalized spacial score (nSPS) is 13.3. The lowest BCUT2D eigenvalue weighted by molar-refractivity contribution is -0.139. The van der Waals surface area contributed by atoms with E-state index in [4.69, 9.17) is 0 Å². The molecule has 5 nitrogen and oxygen atoms in total. The van der Waals surface area contributed by atoms with E-state index in [2.05, 4.69) is 10.3 Å². The fourth-order valence-corrected chi connectivity index (χ4v) is 2.87. The van der Waals surface area contributed by atoms with Crippen LogP contribution in [-0.4, -0.2) is 28.0 Å². The van der Waals surface area contributed by atoms with Crippen LogP contribution in [0, 0.1) is 12.8 Å². The molecule has 118 valence electrons. The van der Waals surface area contributed by atoms with Crippen LogP contribution >= 0.6 is 11.3 Å². The Kier molecular flexibility index (Phi) is 5.50. The predicted molar refractivity (Wildman–Crippen MR) is 83.9 cm³/mol. The largest absolute Gasteiger partial charge is 0.480 e. The minimum absolute atomic E-state index is 0.127. The number of hydrogen-bond donors (Lipinski definition) is 2. The molecular formula is C15H24N2O3S. The smallest absolute Gasteiger partial charge is 0.326 e. The van der Waals surface area contributed by atoms with Crippen molar-refractivity contribution in [1.82, 2.24) is 10.3 Å². The summed E-state index contributed by atoms with van der Waals surface area (Å²) in [7, 11) is 0. The summed E-state index contributed by atoms with van der Waals surface area (Å²) in [5.74, 6) is -1.16. The molecule has 0 saturated carbocycles. The van der Waals surface area contributed by atoms with E-state index in [0.29, 0.717) is 17.0 Å². The second-order valence-electron chi connectivity index (χ2n) is 6.68. The second-order valence-corrected chi connectivity index (χ2v) is 7.68. The van der Waals surface area contributed by atoms with Gasteiger partial charge in [-0.2, -0.15) is 0 Å². The Morgan fingerprint density at radius 2 is 1.90 bits per heavy atom. The maximum Gasteiger partial charge on any atom is 0.326 e. The van der Waals surface area contributed by atoms with Crippen LogP contribution in [0.4, 0.5) is 0 Å². The van der Waals surface area contributed by atoms with Crippen molar-refractivity contribution in [2.75, 3.05) is 0 Å². The van der Waals surface area contributed by atoms with Crippen LogP contribution in [0.1, 0.15) is 61.4 Å². The van der Waals surface area contributed by atoms with Crippen molar-refractivity contribution in [1.29, 1.82) is 0 Å². The van der Waals surface area contributed by atoms with Gasteiger partial charge in [-0.1, -0.05) is 34.6 Å². The number of nitrogens with one attached hydrogen (secondary N) is 1. The van der Waals surface area contributed by atoms with Crippen molar-refractivity contribution >= 4 is 23.2 Å². The SMILES string of the molecule is Cc1nc(C(C)(C)C)sc1C(=O)N[C@H](CC(C)C)C(=O)O. The Labute approximate surface area is 129 Å². The molecule has 1 atom stereocenters. The monoisotopic (exact) mass is 312 g/mol. The lowest BCUT2D eigenvalue weighted by atomic mass is 9.98. The van der Waals surface area contributed by atoms with Gasteiger partial charge in [-0.15, -0.1) is 11.3 Å². The molecule has 0 saturated heterocycles. The Morgan fingerprint density at radius 1 is 1.33 bits per heavy atom. The van der Waals surface area contributed by atoms with Crippen LogP contribution in [0.15, 0.2) is 0 Å². The molecule has 6 heteroatoms. The third-order valence-corrected chi connectivity index (χ3v) is 4.54. The van der Waals surface area contributed by atoms with Crippen LogP contribution < -0.4 is 5.32 Å². The number of thiazole rings is 1. The third-order valence-electron chi connectivity index (χ3n) is 2.95. The Balaban J connectivity index is 2.93. The summed E-state index contributed by atoms with van der Waals surface area (Å²) in [6.07, 6.45) is 0.408. The number of aliphatic carboxylic acids is 1. The zero-order valence-electron chi connectivity index (χ0n) is 13.5. The summed E-state index contributed by atoms with van der Waals surface area (Å²) in [4.78, 5) is 28.4. The van der Waals surface area contributed by atoms with E-state index < -0.39 is 12.0 Å². The van der Waals surface area contributed by atoms with Crippen molar-refractivity contribution in [3.05, 3.63) is 15.6 Å². The first-order valence-electron chi connectivity index (χ1n) is 7.04. The van der Waals surface area contributed by atoms with Gasteiger partial charge in [0.2, 0.25) is 0 Å². The van der Waals surface area contributed by atoms with Crippen LogP contribution in [0.5, 0.6) is 0 Å². The van der Waals surface area contributed by atoms with Gasteiger partial charge in [0.15, 0.2) is 0 Å². The van der Waals surface area contributed by atoms with Gasteiger partial charge < -0.3 is 10.4 Å². The van der Waals surface area contributed by atoms with E-state index in [0.717, 1.165) is 5.01 Å². The summed E-state index contributed by atoms with van der Waals surface area (Å²) in [6.45, 7) is 11.7. The van der Waals surface area contributed by atoms with E-state index in [9.17, 15) is 14.7 Å². The summed E-state index contributed by atoms with van der Waals surface area (Å²) < 4.78 is 0. The second kappa shape index (κ2) is 6.56. The quantitative estimate of drug-likeness (QED) is 0.876. The molecule has 0 aliphatic carbocycles. The number of hydrogen-bond acceptors (Lipinski definition) is 4.